The van der Waals surface area contributed by atoms with Crippen molar-refractivity contribution in [3.05, 3.63) is 46.5 Å². The topological polar surface area (TPSA) is 57.7 Å². The van der Waals surface area contributed by atoms with E-state index in [-0.39, 0.29) is 5.69 Å². The Bertz CT molecular complexity index is 825. The van der Waals surface area contributed by atoms with Crippen molar-refractivity contribution in [2.45, 2.75) is 25.6 Å². The van der Waals surface area contributed by atoms with Gasteiger partial charge in [-0.05, 0) is 25.1 Å². The average Bonchev–Trinajstić information content (AvgIpc) is 2.65. The van der Waals surface area contributed by atoms with Crippen LogP contribution >= 0.6 is 11.6 Å². The maximum Gasteiger partial charge on any atom is 0.417 e. The van der Waals surface area contributed by atoms with Gasteiger partial charge in [0.2, 0.25) is 5.88 Å². The predicted molar refractivity (Wildman–Crippen MR) is 97.6 cm³/mol. The molecule has 1 unspecified atom stereocenters. The Morgan fingerprint density at radius 2 is 1.86 bits per heavy atom. The molecule has 0 spiro atoms. The van der Waals surface area contributed by atoms with Gasteiger partial charge in [-0.2, -0.15) is 13.2 Å². The zero-order valence-corrected chi connectivity index (χ0v) is 16.2. The van der Waals surface area contributed by atoms with E-state index in [0.717, 1.165) is 13.2 Å². The molecule has 0 fully saturated rings. The van der Waals surface area contributed by atoms with Gasteiger partial charge in [0.25, 0.3) is 0 Å². The van der Waals surface area contributed by atoms with Crippen molar-refractivity contribution in [2.75, 3.05) is 20.8 Å². The van der Waals surface area contributed by atoms with Gasteiger partial charge in [0.15, 0.2) is 0 Å². The lowest BCUT2D eigenvalue weighted by Crippen LogP contribution is -2.21. The Labute approximate surface area is 165 Å². The number of carbonyl (C=O) groups is 1. The van der Waals surface area contributed by atoms with E-state index in [1.807, 2.05) is 0 Å². The number of methoxy groups -OCH3 is 2. The van der Waals surface area contributed by atoms with Crippen LogP contribution in [0.2, 0.25) is 5.02 Å². The summed E-state index contributed by atoms with van der Waals surface area (Å²) in [5, 5.41) is 0.427. The van der Waals surface area contributed by atoms with Gasteiger partial charge >= 0.3 is 12.1 Å². The molecule has 1 atom stereocenters. The minimum Gasteiger partial charge on any atom is -0.474 e. The van der Waals surface area contributed by atoms with Crippen LogP contribution < -0.4 is 4.74 Å². The fourth-order valence-corrected chi connectivity index (χ4v) is 2.56. The van der Waals surface area contributed by atoms with Crippen LogP contribution in [0.25, 0.3) is 11.3 Å². The molecule has 152 valence electrons. The Balaban J connectivity index is 2.64. The number of esters is 1. The number of halogens is 4. The number of pyridine rings is 1. The average molecular weight is 418 g/mol. The third-order valence-corrected chi connectivity index (χ3v) is 4.11. The van der Waals surface area contributed by atoms with Crippen molar-refractivity contribution >= 4 is 17.6 Å². The number of benzene rings is 1. The lowest BCUT2D eigenvalue weighted by molar-refractivity contribution is -0.138. The van der Waals surface area contributed by atoms with Crippen molar-refractivity contribution in [2.24, 2.45) is 0 Å². The summed E-state index contributed by atoms with van der Waals surface area (Å²) in [5.74, 6) is -1.63. The fourth-order valence-electron chi connectivity index (χ4n) is 2.43. The highest BCUT2D eigenvalue weighted by atomic mass is 35.5. The second-order valence-electron chi connectivity index (χ2n) is 5.94. The Morgan fingerprint density at radius 3 is 2.39 bits per heavy atom. The van der Waals surface area contributed by atoms with Crippen LogP contribution in [0.1, 0.15) is 29.3 Å². The number of alkyl halides is 3. The summed E-state index contributed by atoms with van der Waals surface area (Å²) in [6.07, 6.45) is -4.97. The van der Waals surface area contributed by atoms with E-state index in [0.29, 0.717) is 23.6 Å². The van der Waals surface area contributed by atoms with E-state index in [1.54, 1.807) is 6.92 Å². The van der Waals surface area contributed by atoms with E-state index in [1.165, 1.54) is 31.4 Å². The predicted octanol–water partition coefficient (Wildman–Crippen LogP) is 5.01. The van der Waals surface area contributed by atoms with Crippen LogP contribution in [0.3, 0.4) is 0 Å². The number of ether oxygens (including phenoxy) is 3. The smallest absolute Gasteiger partial charge is 0.417 e. The van der Waals surface area contributed by atoms with E-state index in [2.05, 4.69) is 9.72 Å². The lowest BCUT2D eigenvalue weighted by Gasteiger charge is -2.20. The largest absolute Gasteiger partial charge is 0.474 e. The van der Waals surface area contributed by atoms with E-state index >= 15 is 0 Å². The summed E-state index contributed by atoms with van der Waals surface area (Å²) < 4.78 is 56.1. The molecule has 1 heterocycles. The fraction of sp³-hybridized carbons (Fsp3) is 0.368. The second kappa shape index (κ2) is 9.25. The van der Waals surface area contributed by atoms with E-state index < -0.39 is 35.3 Å². The highest BCUT2D eigenvalue weighted by Crippen LogP contribution is 2.38. The third kappa shape index (κ3) is 5.36. The van der Waals surface area contributed by atoms with Crippen molar-refractivity contribution in [3.8, 4) is 17.1 Å². The zero-order chi connectivity index (χ0) is 20.9. The molecule has 2 rings (SSSR count). The monoisotopic (exact) mass is 417 g/mol. The maximum atomic E-state index is 13.7. The number of nitrogens with zero attached hydrogens (tertiary/aromatic N) is 1. The normalized spacial score (nSPS) is 12.5. The molecule has 0 aliphatic heterocycles. The van der Waals surface area contributed by atoms with E-state index in [4.69, 9.17) is 21.1 Å². The van der Waals surface area contributed by atoms with Crippen LogP contribution in [0.15, 0.2) is 30.3 Å². The molecule has 0 aliphatic carbocycles. The summed E-state index contributed by atoms with van der Waals surface area (Å²) in [6, 6.07) is 6.91. The lowest BCUT2D eigenvalue weighted by atomic mass is 10.0. The van der Waals surface area contributed by atoms with Crippen molar-refractivity contribution in [1.29, 1.82) is 0 Å². The number of rotatable bonds is 7. The molecule has 0 saturated heterocycles. The first-order valence-corrected chi connectivity index (χ1v) is 8.67. The Hall–Kier alpha value is -2.32. The van der Waals surface area contributed by atoms with E-state index in [9.17, 15) is 18.0 Å². The van der Waals surface area contributed by atoms with Gasteiger partial charge in [-0.1, -0.05) is 23.7 Å². The van der Waals surface area contributed by atoms with Crippen LogP contribution in [0.5, 0.6) is 5.88 Å². The molecule has 1 aromatic carbocycles. The molecule has 0 bridgehead atoms. The standard InChI is InChI=1S/C19H19ClF3NO4/c1-11(8-9-26-2)28-17-16(18(25)27-3)14(19(21,22)23)10-15(24-17)12-4-6-13(20)7-5-12/h4-7,10-11H,8-9H2,1-3H3. The van der Waals surface area contributed by atoms with Gasteiger partial charge in [-0.3, -0.25) is 0 Å². The van der Waals surface area contributed by atoms with Gasteiger partial charge in [-0.15, -0.1) is 0 Å². The Morgan fingerprint density at radius 1 is 1.21 bits per heavy atom. The molecule has 0 amide bonds. The van der Waals surface area contributed by atoms with Gasteiger partial charge in [0.05, 0.1) is 24.5 Å². The minimum atomic E-state index is -4.82. The summed E-state index contributed by atoms with van der Waals surface area (Å²) in [5.41, 5.74) is -1.57. The maximum absolute atomic E-state index is 13.7. The number of aromatic nitrogens is 1. The summed E-state index contributed by atoms with van der Waals surface area (Å²) in [7, 11) is 2.49. The summed E-state index contributed by atoms with van der Waals surface area (Å²) in [6.45, 7) is 1.97. The first kappa shape index (κ1) is 22.0. The molecule has 0 N–H and O–H groups in total. The number of carbonyl (C=O) groups excluding carboxylic acids is 1. The second-order valence-corrected chi connectivity index (χ2v) is 6.38. The Kier molecular flexibility index (Phi) is 7.26. The van der Waals surface area contributed by atoms with Gasteiger partial charge < -0.3 is 14.2 Å². The minimum absolute atomic E-state index is 0.00872. The summed E-state index contributed by atoms with van der Waals surface area (Å²) >= 11 is 5.84. The van der Waals surface area contributed by atoms with Crippen molar-refractivity contribution in [3.63, 3.8) is 0 Å². The molecule has 0 radical (unpaired) electrons. The van der Waals surface area contributed by atoms with Crippen LogP contribution in [0, 0.1) is 0 Å². The molecule has 5 nitrogen and oxygen atoms in total. The quantitative estimate of drug-likeness (QED) is 0.592. The third-order valence-electron chi connectivity index (χ3n) is 3.86. The molecular weight excluding hydrogens is 399 g/mol. The number of hydrogen-bond acceptors (Lipinski definition) is 5. The molecule has 0 aliphatic rings. The zero-order valence-electron chi connectivity index (χ0n) is 15.5. The summed E-state index contributed by atoms with van der Waals surface area (Å²) in [4.78, 5) is 16.3. The first-order valence-electron chi connectivity index (χ1n) is 8.29. The van der Waals surface area contributed by atoms with Gasteiger partial charge in [0.1, 0.15) is 5.56 Å². The van der Waals surface area contributed by atoms with Crippen LogP contribution in [-0.2, 0) is 15.7 Å². The van der Waals surface area contributed by atoms with Crippen molar-refractivity contribution in [1.82, 2.24) is 4.98 Å². The number of hydrogen-bond donors (Lipinski definition) is 0. The molecule has 2 aromatic rings. The molecule has 0 saturated carbocycles. The molecule has 9 heteroatoms. The highest BCUT2D eigenvalue weighted by Gasteiger charge is 2.39. The van der Waals surface area contributed by atoms with Crippen molar-refractivity contribution < 1.29 is 32.2 Å². The molecular formula is C19H19ClF3NO4. The molecule has 1 aromatic heterocycles. The molecule has 28 heavy (non-hydrogen) atoms. The van der Waals surface area contributed by atoms with Gasteiger partial charge in [0, 0.05) is 30.7 Å². The first-order chi connectivity index (χ1) is 13.2. The highest BCUT2D eigenvalue weighted by molar-refractivity contribution is 6.30. The van der Waals surface area contributed by atoms with Crippen LogP contribution in [-0.4, -0.2) is 37.9 Å². The SMILES string of the molecule is COCCC(C)Oc1nc(-c2ccc(Cl)cc2)cc(C(F)(F)F)c1C(=O)OC. The van der Waals surface area contributed by atoms with Crippen LogP contribution in [0.4, 0.5) is 13.2 Å². The van der Waals surface area contributed by atoms with Gasteiger partial charge in [-0.25, -0.2) is 9.78 Å².